The third-order valence-corrected chi connectivity index (χ3v) is 3.07. The lowest BCUT2D eigenvalue weighted by molar-refractivity contribution is 0.0472. The molecule has 0 bridgehead atoms. The summed E-state index contributed by atoms with van der Waals surface area (Å²) in [5, 5.41) is 0.334. The summed E-state index contributed by atoms with van der Waals surface area (Å²) in [5.41, 5.74) is 7.23. The number of carbonyl (C=O) groups excluding carboxylic acids is 1. The summed E-state index contributed by atoms with van der Waals surface area (Å²) in [5.74, 6) is 0.267. The number of hydrogen-bond donors (Lipinski definition) is 1. The predicted octanol–water partition coefficient (Wildman–Crippen LogP) is 3.29. The highest BCUT2D eigenvalue weighted by Gasteiger charge is 2.09. The largest absolute Gasteiger partial charge is 0.497 e. The van der Waals surface area contributed by atoms with Crippen molar-refractivity contribution in [1.82, 2.24) is 0 Å². The van der Waals surface area contributed by atoms with Crippen molar-refractivity contribution in [3.63, 3.8) is 0 Å². The Kier molecular flexibility index (Phi) is 4.48. The van der Waals surface area contributed by atoms with Gasteiger partial charge in [-0.15, -0.1) is 0 Å². The molecule has 0 fully saturated rings. The van der Waals surface area contributed by atoms with E-state index in [0.717, 1.165) is 5.56 Å². The van der Waals surface area contributed by atoms with Gasteiger partial charge in [-0.2, -0.15) is 0 Å². The highest BCUT2D eigenvalue weighted by atomic mass is 35.5. The molecule has 0 heterocycles. The van der Waals surface area contributed by atoms with Gasteiger partial charge in [-0.05, 0) is 35.9 Å². The van der Waals surface area contributed by atoms with Crippen molar-refractivity contribution in [2.45, 2.75) is 6.61 Å². The fourth-order valence-electron chi connectivity index (χ4n) is 1.65. The molecule has 0 aliphatic carbocycles. The Bertz CT molecular complexity index is 628. The number of halogens is 1. The Labute approximate surface area is 122 Å². The first-order valence-corrected chi connectivity index (χ1v) is 6.33. The van der Waals surface area contributed by atoms with Crippen LogP contribution in [0.25, 0.3) is 0 Å². The lowest BCUT2D eigenvalue weighted by Gasteiger charge is -2.07. The van der Waals surface area contributed by atoms with E-state index in [-0.39, 0.29) is 6.61 Å². The van der Waals surface area contributed by atoms with E-state index in [9.17, 15) is 4.79 Å². The van der Waals surface area contributed by atoms with Gasteiger partial charge in [-0.1, -0.05) is 23.7 Å². The number of anilines is 1. The van der Waals surface area contributed by atoms with Gasteiger partial charge in [0.2, 0.25) is 0 Å². The summed E-state index contributed by atoms with van der Waals surface area (Å²) in [7, 11) is 1.58. The molecule has 0 unspecified atom stereocenters. The van der Waals surface area contributed by atoms with Gasteiger partial charge < -0.3 is 15.2 Å². The van der Waals surface area contributed by atoms with Crippen LogP contribution >= 0.6 is 11.6 Å². The van der Waals surface area contributed by atoms with E-state index in [0.29, 0.717) is 22.0 Å². The molecule has 0 aliphatic heterocycles. The van der Waals surface area contributed by atoms with Crippen LogP contribution in [0.5, 0.6) is 5.75 Å². The second-order valence-corrected chi connectivity index (χ2v) is 4.57. The number of carbonyl (C=O) groups is 1. The van der Waals surface area contributed by atoms with E-state index in [2.05, 4.69) is 0 Å². The number of hydrogen-bond acceptors (Lipinski definition) is 4. The molecule has 2 rings (SSSR count). The fraction of sp³-hybridized carbons (Fsp3) is 0.133. The molecule has 4 nitrogen and oxygen atoms in total. The first-order valence-electron chi connectivity index (χ1n) is 5.95. The molecule has 2 N–H and O–H groups in total. The third kappa shape index (κ3) is 3.42. The molecular weight excluding hydrogens is 278 g/mol. The molecule has 0 aromatic heterocycles. The monoisotopic (exact) mass is 291 g/mol. The Hall–Kier alpha value is -2.20. The zero-order chi connectivity index (χ0) is 14.5. The molecule has 0 aliphatic rings. The molecule has 0 amide bonds. The van der Waals surface area contributed by atoms with Gasteiger partial charge in [0.25, 0.3) is 0 Å². The van der Waals surface area contributed by atoms with E-state index >= 15 is 0 Å². The minimum atomic E-state index is -0.449. The average Bonchev–Trinajstić information content (AvgIpc) is 2.47. The van der Waals surface area contributed by atoms with Crippen LogP contribution in [0.4, 0.5) is 5.69 Å². The van der Waals surface area contributed by atoms with Crippen LogP contribution in [0.1, 0.15) is 15.9 Å². The second kappa shape index (κ2) is 6.30. The zero-order valence-corrected chi connectivity index (χ0v) is 11.7. The number of rotatable bonds is 4. The van der Waals surface area contributed by atoms with Crippen molar-refractivity contribution < 1.29 is 14.3 Å². The van der Waals surface area contributed by atoms with Crippen molar-refractivity contribution in [3.05, 3.63) is 58.6 Å². The molecule has 20 heavy (non-hydrogen) atoms. The minimum Gasteiger partial charge on any atom is -0.497 e. The van der Waals surface area contributed by atoms with Gasteiger partial charge in [0.15, 0.2) is 0 Å². The quantitative estimate of drug-likeness (QED) is 0.693. The highest BCUT2D eigenvalue weighted by molar-refractivity contribution is 6.33. The second-order valence-electron chi connectivity index (χ2n) is 4.16. The van der Waals surface area contributed by atoms with Crippen LogP contribution in [0.2, 0.25) is 5.02 Å². The lowest BCUT2D eigenvalue weighted by Crippen LogP contribution is -2.05. The molecule has 2 aromatic rings. The SMILES string of the molecule is COc1cccc(COC(=O)c2ccc(N)c(Cl)c2)c1. The Morgan fingerprint density at radius 1 is 1.25 bits per heavy atom. The molecule has 0 spiro atoms. The smallest absolute Gasteiger partial charge is 0.338 e. The molecule has 104 valence electrons. The summed E-state index contributed by atoms with van der Waals surface area (Å²) in [6.45, 7) is 0.165. The van der Waals surface area contributed by atoms with Gasteiger partial charge >= 0.3 is 5.97 Å². The van der Waals surface area contributed by atoms with Crippen LogP contribution in [-0.2, 0) is 11.3 Å². The number of methoxy groups -OCH3 is 1. The normalized spacial score (nSPS) is 10.1. The fourth-order valence-corrected chi connectivity index (χ4v) is 1.83. The van der Waals surface area contributed by atoms with Crippen LogP contribution in [0.3, 0.4) is 0 Å². The van der Waals surface area contributed by atoms with Crippen LogP contribution in [0, 0.1) is 0 Å². The molecule has 5 heteroatoms. The molecule has 0 atom stereocenters. The topological polar surface area (TPSA) is 61.5 Å². The maximum Gasteiger partial charge on any atom is 0.338 e. The number of nitrogen functional groups attached to an aromatic ring is 1. The Balaban J connectivity index is 2.02. The van der Waals surface area contributed by atoms with E-state index in [1.165, 1.54) is 6.07 Å². The van der Waals surface area contributed by atoms with Gasteiger partial charge in [-0.3, -0.25) is 0 Å². The van der Waals surface area contributed by atoms with Gasteiger partial charge in [0.05, 0.1) is 23.4 Å². The first-order chi connectivity index (χ1) is 9.60. The van der Waals surface area contributed by atoms with Crippen LogP contribution in [-0.4, -0.2) is 13.1 Å². The van der Waals surface area contributed by atoms with Crippen molar-refractivity contribution in [2.24, 2.45) is 0 Å². The maximum absolute atomic E-state index is 11.9. The first kappa shape index (κ1) is 14.2. The summed E-state index contributed by atoms with van der Waals surface area (Å²) in [6, 6.07) is 12.0. The molecule has 0 saturated heterocycles. The van der Waals surface area contributed by atoms with Crippen molar-refractivity contribution in [1.29, 1.82) is 0 Å². The Morgan fingerprint density at radius 3 is 2.75 bits per heavy atom. The predicted molar refractivity (Wildman–Crippen MR) is 78.0 cm³/mol. The summed E-state index contributed by atoms with van der Waals surface area (Å²) in [4.78, 5) is 11.9. The van der Waals surface area contributed by atoms with Crippen molar-refractivity contribution in [2.75, 3.05) is 12.8 Å². The number of ether oxygens (including phenoxy) is 2. The number of esters is 1. The molecular formula is C15H14ClNO3. The molecule has 0 saturated carbocycles. The molecule has 2 aromatic carbocycles. The summed E-state index contributed by atoms with van der Waals surface area (Å²) in [6.07, 6.45) is 0. The van der Waals surface area contributed by atoms with Crippen LogP contribution in [0.15, 0.2) is 42.5 Å². The van der Waals surface area contributed by atoms with Gasteiger partial charge in [-0.25, -0.2) is 4.79 Å². The number of nitrogens with two attached hydrogens (primary N) is 1. The van der Waals surface area contributed by atoms with Gasteiger partial charge in [0.1, 0.15) is 12.4 Å². The number of benzene rings is 2. The highest BCUT2D eigenvalue weighted by Crippen LogP contribution is 2.20. The van der Waals surface area contributed by atoms with E-state index in [1.54, 1.807) is 19.2 Å². The maximum atomic E-state index is 11.9. The average molecular weight is 292 g/mol. The summed E-state index contributed by atoms with van der Waals surface area (Å²) < 4.78 is 10.3. The standard InChI is InChI=1S/C15H14ClNO3/c1-19-12-4-2-3-10(7-12)9-20-15(18)11-5-6-14(17)13(16)8-11/h2-8H,9,17H2,1H3. The van der Waals surface area contributed by atoms with Crippen molar-refractivity contribution >= 4 is 23.3 Å². The zero-order valence-electron chi connectivity index (χ0n) is 10.9. The molecule has 0 radical (unpaired) electrons. The lowest BCUT2D eigenvalue weighted by atomic mass is 10.2. The van der Waals surface area contributed by atoms with Crippen molar-refractivity contribution in [3.8, 4) is 5.75 Å². The van der Waals surface area contributed by atoms with E-state index < -0.39 is 5.97 Å². The van der Waals surface area contributed by atoms with E-state index in [1.807, 2.05) is 24.3 Å². The Morgan fingerprint density at radius 2 is 2.05 bits per heavy atom. The summed E-state index contributed by atoms with van der Waals surface area (Å²) >= 11 is 5.87. The third-order valence-electron chi connectivity index (χ3n) is 2.74. The van der Waals surface area contributed by atoms with Gasteiger partial charge in [0, 0.05) is 0 Å². The minimum absolute atomic E-state index is 0.165. The van der Waals surface area contributed by atoms with E-state index in [4.69, 9.17) is 26.8 Å². The van der Waals surface area contributed by atoms with Crippen LogP contribution < -0.4 is 10.5 Å².